The van der Waals surface area contributed by atoms with Crippen LogP contribution < -0.4 is 9.96 Å². The topological polar surface area (TPSA) is 102 Å². The monoisotopic (exact) mass is 521 g/mol. The predicted octanol–water partition coefficient (Wildman–Crippen LogP) is 5.66. The Balaban J connectivity index is 1.79. The Morgan fingerprint density at radius 2 is 1.73 bits per heavy atom. The molecule has 0 bridgehead atoms. The number of halogens is 1. The number of rotatable bonds is 3. The molecule has 0 aliphatic carbocycles. The lowest BCUT2D eigenvalue weighted by Gasteiger charge is -2.33. The van der Waals surface area contributed by atoms with Crippen LogP contribution in [0.3, 0.4) is 0 Å². The van der Waals surface area contributed by atoms with E-state index in [1.54, 1.807) is 99.6 Å². The highest BCUT2D eigenvalue weighted by molar-refractivity contribution is 6.31. The second kappa shape index (κ2) is 8.86. The van der Waals surface area contributed by atoms with Crippen LogP contribution in [0, 0.1) is 10.1 Å². The summed E-state index contributed by atoms with van der Waals surface area (Å²) in [7, 11) is 0. The van der Waals surface area contributed by atoms with Crippen molar-refractivity contribution in [1.82, 2.24) is 0 Å². The van der Waals surface area contributed by atoms with E-state index in [0.29, 0.717) is 16.3 Å². The molecule has 3 atom stereocenters. The summed E-state index contributed by atoms with van der Waals surface area (Å²) >= 11 is 6.27. The van der Waals surface area contributed by atoms with Gasteiger partial charge in [0.2, 0.25) is 5.54 Å². The molecule has 2 heterocycles. The van der Waals surface area contributed by atoms with Crippen LogP contribution in [0.4, 0.5) is 16.2 Å². The number of para-hydroxylation sites is 1. The zero-order valence-electron chi connectivity index (χ0n) is 20.3. The Hall–Kier alpha value is -3.95. The van der Waals surface area contributed by atoms with Crippen molar-refractivity contribution in [1.29, 1.82) is 0 Å². The Morgan fingerprint density at radius 1 is 1.05 bits per heavy atom. The highest BCUT2D eigenvalue weighted by Crippen LogP contribution is 2.56. The maximum atomic E-state index is 14.4. The number of nitrogens with zero attached hydrogens (tertiary/aromatic N) is 3. The van der Waals surface area contributed by atoms with Gasteiger partial charge in [-0.15, -0.1) is 0 Å². The molecule has 0 aromatic heterocycles. The standard InChI is InChI=1S/C27H24ClN3O6/c1-26(2,3)36-25(33)29-21-15-8-7-14-20(21)27(24(29)32)23(31(34)35)22(17-10-5-4-6-11-17)37-30(27)19-13-9-12-18(28)16-19/h4-16,22-23H,1-3H3/t22-,23-,27-/m0/s1. The number of ether oxygens (including phenoxy) is 1. The van der Waals surface area contributed by atoms with Gasteiger partial charge in [-0.05, 0) is 50.6 Å². The summed E-state index contributed by atoms with van der Waals surface area (Å²) in [4.78, 5) is 47.2. The van der Waals surface area contributed by atoms with Crippen LogP contribution >= 0.6 is 11.6 Å². The molecule has 0 unspecified atom stereocenters. The first-order chi connectivity index (χ1) is 17.6. The fourth-order valence-corrected chi connectivity index (χ4v) is 5.15. The van der Waals surface area contributed by atoms with E-state index >= 15 is 0 Å². The molecule has 1 fully saturated rings. The number of imide groups is 1. The van der Waals surface area contributed by atoms with Gasteiger partial charge >= 0.3 is 6.09 Å². The van der Waals surface area contributed by atoms with Crippen molar-refractivity contribution < 1.29 is 24.1 Å². The number of hydroxylamine groups is 1. The SMILES string of the molecule is CC(C)(C)OC(=O)N1C(=O)[C@]2(c3ccccc31)[C@@H]([N+](=O)[O-])[C@H](c1ccccc1)ON2c1cccc(Cl)c1. The fraction of sp³-hybridized carbons (Fsp3) is 0.259. The largest absolute Gasteiger partial charge is 0.443 e. The number of carbonyl (C=O) groups excluding carboxylic acids is 2. The van der Waals surface area contributed by atoms with Gasteiger partial charge in [0.25, 0.3) is 11.9 Å². The molecular weight excluding hydrogens is 498 g/mol. The van der Waals surface area contributed by atoms with Crippen molar-refractivity contribution >= 4 is 35.0 Å². The van der Waals surface area contributed by atoms with Gasteiger partial charge in [-0.2, -0.15) is 0 Å². The van der Waals surface area contributed by atoms with E-state index in [1.165, 1.54) is 5.06 Å². The summed E-state index contributed by atoms with van der Waals surface area (Å²) in [6, 6.07) is 20.0. The maximum Gasteiger partial charge on any atom is 0.421 e. The van der Waals surface area contributed by atoms with Crippen molar-refractivity contribution in [3.8, 4) is 0 Å². The van der Waals surface area contributed by atoms with Crippen LogP contribution in [-0.2, 0) is 19.9 Å². The van der Waals surface area contributed by atoms with E-state index in [2.05, 4.69) is 0 Å². The van der Waals surface area contributed by atoms with Gasteiger partial charge in [-0.25, -0.2) is 14.8 Å². The van der Waals surface area contributed by atoms with Gasteiger partial charge in [0.1, 0.15) is 5.60 Å². The van der Waals surface area contributed by atoms with Gasteiger partial charge in [-0.3, -0.25) is 19.7 Å². The molecule has 3 aromatic carbocycles. The zero-order valence-corrected chi connectivity index (χ0v) is 21.1. The number of amides is 2. The molecule has 37 heavy (non-hydrogen) atoms. The fourth-order valence-electron chi connectivity index (χ4n) is 4.97. The lowest BCUT2D eigenvalue weighted by Crippen LogP contribution is -2.58. The van der Waals surface area contributed by atoms with Crippen molar-refractivity contribution in [3.63, 3.8) is 0 Å². The van der Waals surface area contributed by atoms with E-state index in [-0.39, 0.29) is 11.3 Å². The highest BCUT2D eigenvalue weighted by atomic mass is 35.5. The van der Waals surface area contributed by atoms with E-state index < -0.39 is 40.2 Å². The molecule has 190 valence electrons. The molecule has 0 saturated carbocycles. The van der Waals surface area contributed by atoms with Crippen LogP contribution in [0.2, 0.25) is 5.02 Å². The average Bonchev–Trinajstić information content (AvgIpc) is 3.33. The summed E-state index contributed by atoms with van der Waals surface area (Å²) in [6.45, 7) is 5.03. The molecule has 2 amide bonds. The van der Waals surface area contributed by atoms with Crippen LogP contribution in [0.15, 0.2) is 78.9 Å². The van der Waals surface area contributed by atoms with Crippen LogP contribution in [0.1, 0.15) is 38.0 Å². The first-order valence-electron chi connectivity index (χ1n) is 11.6. The lowest BCUT2D eigenvalue weighted by molar-refractivity contribution is -0.535. The molecular formula is C27H24ClN3O6. The van der Waals surface area contributed by atoms with E-state index in [0.717, 1.165) is 4.90 Å². The van der Waals surface area contributed by atoms with Gasteiger partial charge in [0.15, 0.2) is 6.10 Å². The summed E-state index contributed by atoms with van der Waals surface area (Å²) in [5.41, 5.74) is -1.65. The minimum atomic E-state index is -2.03. The lowest BCUT2D eigenvalue weighted by atomic mass is 9.80. The number of benzene rings is 3. The number of fused-ring (bicyclic) bond motifs is 2. The van der Waals surface area contributed by atoms with Crippen molar-refractivity contribution in [3.05, 3.63) is 105 Å². The minimum absolute atomic E-state index is 0.193. The third-order valence-electron chi connectivity index (χ3n) is 6.31. The Morgan fingerprint density at radius 3 is 2.38 bits per heavy atom. The summed E-state index contributed by atoms with van der Waals surface area (Å²) in [5.74, 6) is -0.844. The summed E-state index contributed by atoms with van der Waals surface area (Å²) in [5, 5.41) is 14.4. The molecule has 5 rings (SSSR count). The number of nitro groups is 1. The van der Waals surface area contributed by atoms with Crippen LogP contribution in [-0.4, -0.2) is 28.6 Å². The van der Waals surface area contributed by atoms with Gasteiger partial charge in [-0.1, -0.05) is 66.2 Å². The van der Waals surface area contributed by atoms with Crippen molar-refractivity contribution in [2.75, 3.05) is 9.96 Å². The molecule has 1 spiro atoms. The Labute approximate surface area is 218 Å². The first-order valence-corrected chi connectivity index (χ1v) is 12.0. The molecule has 0 N–H and O–H groups in total. The molecule has 10 heteroatoms. The van der Waals surface area contributed by atoms with Gasteiger partial charge in [0, 0.05) is 15.5 Å². The molecule has 3 aromatic rings. The van der Waals surface area contributed by atoms with Crippen LogP contribution in [0.25, 0.3) is 0 Å². The first kappa shape index (κ1) is 24.7. The van der Waals surface area contributed by atoms with Crippen LogP contribution in [0.5, 0.6) is 0 Å². The third-order valence-corrected chi connectivity index (χ3v) is 6.55. The van der Waals surface area contributed by atoms with E-state index in [4.69, 9.17) is 21.2 Å². The second-order valence-corrected chi connectivity index (χ2v) is 10.3. The van der Waals surface area contributed by atoms with E-state index in [9.17, 15) is 19.7 Å². The highest BCUT2D eigenvalue weighted by Gasteiger charge is 2.74. The van der Waals surface area contributed by atoms with Gasteiger partial charge in [0.05, 0.1) is 11.4 Å². The number of hydrogen-bond acceptors (Lipinski definition) is 7. The summed E-state index contributed by atoms with van der Waals surface area (Å²) < 4.78 is 5.53. The normalized spacial score (nSPS) is 22.9. The minimum Gasteiger partial charge on any atom is -0.443 e. The summed E-state index contributed by atoms with van der Waals surface area (Å²) in [6.07, 6.45) is -2.08. The zero-order chi connectivity index (χ0) is 26.5. The molecule has 1 saturated heterocycles. The van der Waals surface area contributed by atoms with Crippen molar-refractivity contribution in [2.45, 2.75) is 44.1 Å². The number of anilines is 2. The molecule has 2 aliphatic rings. The van der Waals surface area contributed by atoms with E-state index in [1.807, 2.05) is 0 Å². The number of carbonyl (C=O) groups is 2. The molecule has 2 aliphatic heterocycles. The Bertz CT molecular complexity index is 1390. The number of hydrogen-bond donors (Lipinski definition) is 0. The second-order valence-electron chi connectivity index (χ2n) is 9.85. The van der Waals surface area contributed by atoms with Crippen molar-refractivity contribution in [2.24, 2.45) is 0 Å². The Kier molecular flexibility index (Phi) is 5.92. The van der Waals surface area contributed by atoms with Gasteiger partial charge < -0.3 is 4.74 Å². The smallest absolute Gasteiger partial charge is 0.421 e. The third kappa shape index (κ3) is 3.91. The molecule has 9 nitrogen and oxygen atoms in total. The molecule has 0 radical (unpaired) electrons. The average molecular weight is 522 g/mol. The quantitative estimate of drug-likeness (QED) is 0.324. The predicted molar refractivity (Wildman–Crippen MR) is 137 cm³/mol. The maximum absolute atomic E-state index is 14.4.